The molecule has 3 nitrogen and oxygen atoms in total. The number of nitrogens with one attached hydrogen (secondary N) is 1. The second kappa shape index (κ2) is 6.86. The number of benzene rings is 1. The molecule has 0 amide bonds. The lowest BCUT2D eigenvalue weighted by atomic mass is 10.0. The first-order valence-corrected chi connectivity index (χ1v) is 7.76. The van der Waals surface area contributed by atoms with Crippen LogP contribution < -0.4 is 10.1 Å². The Kier molecular flexibility index (Phi) is 5.15. The van der Waals surface area contributed by atoms with Gasteiger partial charge in [-0.15, -0.1) is 11.3 Å². The molecule has 0 spiro atoms. The highest BCUT2D eigenvalue weighted by molar-refractivity contribution is 7.11. The number of hydrogen-bond acceptors (Lipinski definition) is 4. The summed E-state index contributed by atoms with van der Waals surface area (Å²) in [5, 5.41) is 4.73. The summed E-state index contributed by atoms with van der Waals surface area (Å²) in [6.07, 6.45) is 0.917. The van der Waals surface area contributed by atoms with Crippen LogP contribution in [0.2, 0.25) is 0 Å². The summed E-state index contributed by atoms with van der Waals surface area (Å²) < 4.78 is 5.32. The zero-order chi connectivity index (χ0) is 14.5. The summed E-state index contributed by atoms with van der Waals surface area (Å²) in [6, 6.07) is 8.53. The van der Waals surface area contributed by atoms with Crippen molar-refractivity contribution in [2.24, 2.45) is 0 Å². The lowest BCUT2D eigenvalue weighted by Crippen LogP contribution is -2.22. The molecule has 1 N–H and O–H groups in total. The molecule has 2 rings (SSSR count). The highest BCUT2D eigenvalue weighted by Crippen LogP contribution is 2.25. The Labute approximate surface area is 125 Å². The summed E-state index contributed by atoms with van der Waals surface area (Å²) in [6.45, 7) is 7.27. The molecule has 20 heavy (non-hydrogen) atoms. The topological polar surface area (TPSA) is 34.2 Å². The third kappa shape index (κ3) is 3.58. The van der Waals surface area contributed by atoms with Gasteiger partial charge < -0.3 is 10.1 Å². The number of aryl methyl sites for hydroxylation is 2. The van der Waals surface area contributed by atoms with E-state index in [1.807, 2.05) is 12.1 Å². The number of methoxy groups -OCH3 is 1. The third-order valence-corrected chi connectivity index (χ3v) is 4.49. The predicted octanol–water partition coefficient (Wildman–Crippen LogP) is 3.66. The third-order valence-electron chi connectivity index (χ3n) is 3.40. The lowest BCUT2D eigenvalue weighted by Gasteiger charge is -2.17. The monoisotopic (exact) mass is 290 g/mol. The average molecular weight is 290 g/mol. The van der Waals surface area contributed by atoms with Crippen LogP contribution in [0.15, 0.2) is 24.3 Å². The van der Waals surface area contributed by atoms with Crippen LogP contribution in [0.5, 0.6) is 5.75 Å². The van der Waals surface area contributed by atoms with Crippen LogP contribution in [0, 0.1) is 13.8 Å². The van der Waals surface area contributed by atoms with Gasteiger partial charge in [0.05, 0.1) is 17.8 Å². The molecule has 0 saturated heterocycles. The molecule has 0 bridgehead atoms. The van der Waals surface area contributed by atoms with Crippen molar-refractivity contribution >= 4 is 11.3 Å². The number of rotatable bonds is 6. The maximum absolute atomic E-state index is 5.32. The first-order valence-electron chi connectivity index (χ1n) is 6.94. The Morgan fingerprint density at radius 2 is 2.15 bits per heavy atom. The normalized spacial score (nSPS) is 12.4. The number of ether oxygens (including phenoxy) is 1. The van der Waals surface area contributed by atoms with Crippen molar-refractivity contribution in [3.8, 4) is 5.75 Å². The van der Waals surface area contributed by atoms with Crippen molar-refractivity contribution in [3.63, 3.8) is 0 Å². The number of likely N-dealkylation sites (N-methyl/N-ethyl adjacent to an activating group) is 1. The molecule has 1 atom stereocenters. The van der Waals surface area contributed by atoms with Crippen LogP contribution in [0.25, 0.3) is 0 Å². The van der Waals surface area contributed by atoms with Crippen molar-refractivity contribution in [1.82, 2.24) is 10.3 Å². The second-order valence-electron chi connectivity index (χ2n) is 4.84. The molecule has 4 heteroatoms. The van der Waals surface area contributed by atoms with Gasteiger partial charge in [-0.1, -0.05) is 19.1 Å². The quantitative estimate of drug-likeness (QED) is 0.881. The molecule has 1 aromatic heterocycles. The molecule has 0 radical (unpaired) electrons. The first kappa shape index (κ1) is 15.0. The van der Waals surface area contributed by atoms with Gasteiger partial charge in [0.15, 0.2) is 0 Å². The fourth-order valence-electron chi connectivity index (χ4n) is 2.21. The second-order valence-corrected chi connectivity index (χ2v) is 6.13. The molecule has 0 aliphatic rings. The fourth-order valence-corrected chi connectivity index (χ4v) is 3.19. The van der Waals surface area contributed by atoms with Gasteiger partial charge in [-0.2, -0.15) is 0 Å². The number of thiazole rings is 1. The van der Waals surface area contributed by atoms with Gasteiger partial charge in [0.25, 0.3) is 0 Å². The maximum Gasteiger partial charge on any atom is 0.119 e. The van der Waals surface area contributed by atoms with Crippen LogP contribution >= 0.6 is 11.3 Å². The van der Waals surface area contributed by atoms with Gasteiger partial charge in [0.2, 0.25) is 0 Å². The summed E-state index contributed by atoms with van der Waals surface area (Å²) in [4.78, 5) is 5.95. The van der Waals surface area contributed by atoms with Gasteiger partial charge in [0.1, 0.15) is 5.75 Å². The van der Waals surface area contributed by atoms with E-state index in [0.29, 0.717) is 0 Å². The molecule has 1 heterocycles. The molecule has 0 fully saturated rings. The molecule has 2 aromatic rings. The van der Waals surface area contributed by atoms with Crippen molar-refractivity contribution < 1.29 is 4.74 Å². The molecule has 0 aliphatic heterocycles. The Hall–Kier alpha value is -1.39. The number of hydrogen-bond donors (Lipinski definition) is 1. The van der Waals surface area contributed by atoms with Crippen LogP contribution in [-0.2, 0) is 6.42 Å². The predicted molar refractivity (Wildman–Crippen MR) is 84.7 cm³/mol. The number of nitrogens with zero attached hydrogens (tertiary/aromatic N) is 1. The zero-order valence-electron chi connectivity index (χ0n) is 12.6. The van der Waals surface area contributed by atoms with Crippen molar-refractivity contribution in [2.75, 3.05) is 13.7 Å². The highest BCUT2D eigenvalue weighted by atomic mass is 32.1. The minimum Gasteiger partial charge on any atom is -0.497 e. The van der Waals surface area contributed by atoms with Gasteiger partial charge in [-0.25, -0.2) is 4.98 Å². The van der Waals surface area contributed by atoms with E-state index < -0.39 is 0 Å². The van der Waals surface area contributed by atoms with Crippen LogP contribution in [0.3, 0.4) is 0 Å². The van der Waals surface area contributed by atoms with Crippen molar-refractivity contribution in [2.45, 2.75) is 33.2 Å². The largest absolute Gasteiger partial charge is 0.497 e. The van der Waals surface area contributed by atoms with E-state index in [4.69, 9.17) is 4.74 Å². The minimum atomic E-state index is 0.278. The van der Waals surface area contributed by atoms with Gasteiger partial charge in [-0.05, 0) is 38.1 Å². The van der Waals surface area contributed by atoms with Crippen LogP contribution in [-0.4, -0.2) is 18.6 Å². The standard InChI is InChI=1S/C16H22N2OS/c1-5-17-15(10-16-18-11(2)12(3)20-16)13-7-6-8-14(9-13)19-4/h6-9,15,17H,5,10H2,1-4H3. The average Bonchev–Trinajstić information content (AvgIpc) is 2.77. The molecule has 1 aromatic carbocycles. The van der Waals surface area contributed by atoms with E-state index in [0.717, 1.165) is 24.4 Å². The zero-order valence-corrected chi connectivity index (χ0v) is 13.4. The van der Waals surface area contributed by atoms with E-state index >= 15 is 0 Å². The smallest absolute Gasteiger partial charge is 0.119 e. The molecule has 108 valence electrons. The molecule has 1 unspecified atom stereocenters. The summed E-state index contributed by atoms with van der Waals surface area (Å²) in [5.41, 5.74) is 2.39. The van der Waals surface area contributed by atoms with Crippen LogP contribution in [0.4, 0.5) is 0 Å². The van der Waals surface area contributed by atoms with Crippen LogP contribution in [0.1, 0.15) is 34.1 Å². The van der Waals surface area contributed by atoms with E-state index in [-0.39, 0.29) is 6.04 Å². The Bertz CT molecular complexity index is 546. The Balaban J connectivity index is 2.21. The number of aromatic nitrogens is 1. The van der Waals surface area contributed by atoms with E-state index in [1.54, 1.807) is 18.4 Å². The fraction of sp³-hybridized carbons (Fsp3) is 0.438. The SMILES string of the molecule is CCNC(Cc1nc(C)c(C)s1)c1cccc(OC)c1. The van der Waals surface area contributed by atoms with E-state index in [2.05, 4.69) is 43.2 Å². The Morgan fingerprint density at radius 3 is 2.75 bits per heavy atom. The highest BCUT2D eigenvalue weighted by Gasteiger charge is 2.15. The molecule has 0 aliphatic carbocycles. The van der Waals surface area contributed by atoms with Gasteiger partial charge >= 0.3 is 0 Å². The summed E-state index contributed by atoms with van der Waals surface area (Å²) >= 11 is 1.79. The molecule has 0 saturated carbocycles. The molecular formula is C16H22N2OS. The molecular weight excluding hydrogens is 268 g/mol. The van der Waals surface area contributed by atoms with E-state index in [9.17, 15) is 0 Å². The van der Waals surface area contributed by atoms with E-state index in [1.165, 1.54) is 15.4 Å². The first-order chi connectivity index (χ1) is 9.63. The van der Waals surface area contributed by atoms with Crippen molar-refractivity contribution in [1.29, 1.82) is 0 Å². The summed E-state index contributed by atoms with van der Waals surface area (Å²) in [5.74, 6) is 0.900. The Morgan fingerprint density at radius 1 is 1.35 bits per heavy atom. The summed E-state index contributed by atoms with van der Waals surface area (Å²) in [7, 11) is 1.70. The van der Waals surface area contributed by atoms with Crippen molar-refractivity contribution in [3.05, 3.63) is 45.4 Å². The van der Waals surface area contributed by atoms with Gasteiger partial charge in [0, 0.05) is 17.3 Å². The lowest BCUT2D eigenvalue weighted by molar-refractivity contribution is 0.413. The minimum absolute atomic E-state index is 0.278. The van der Waals surface area contributed by atoms with Gasteiger partial charge in [-0.3, -0.25) is 0 Å². The maximum atomic E-state index is 5.32.